The Kier molecular flexibility index (Phi) is 6.84. The first-order valence-electron chi connectivity index (χ1n) is 9.91. The Labute approximate surface area is 176 Å². The van der Waals surface area contributed by atoms with Crippen molar-refractivity contribution in [1.82, 2.24) is 0 Å². The van der Waals surface area contributed by atoms with Crippen LogP contribution >= 0.6 is 0 Å². The van der Waals surface area contributed by atoms with Crippen LogP contribution in [-0.4, -0.2) is 20.1 Å². The third-order valence-corrected chi connectivity index (χ3v) is 5.23. The largest absolute Gasteiger partial charge is 0.542 e. The molecular weight excluding hydrogens is 380 g/mol. The maximum atomic E-state index is 11.6. The molecule has 0 aliphatic rings. The van der Waals surface area contributed by atoms with Crippen LogP contribution in [0, 0.1) is 0 Å². The Morgan fingerprint density at radius 1 is 0.931 bits per heavy atom. The number of aromatic carboxylic acids is 1. The highest BCUT2D eigenvalue weighted by molar-refractivity contribution is 6.49. The third kappa shape index (κ3) is 6.10. The average molecular weight is 414 g/mol. The van der Waals surface area contributed by atoms with Crippen LogP contribution in [0.2, 0.25) is 13.1 Å². The molecule has 1 radical (unpaired) electrons. The van der Waals surface area contributed by atoms with E-state index in [4.69, 9.17) is 9.16 Å². The molecule has 1 N–H and O–H groups in total. The average Bonchev–Trinajstić information content (AvgIpc) is 2.58. The predicted molar refractivity (Wildman–Crippen MR) is 120 cm³/mol. The van der Waals surface area contributed by atoms with E-state index >= 15 is 0 Å². The zero-order valence-corrected chi connectivity index (χ0v) is 19.8. The maximum absolute atomic E-state index is 11.6. The summed E-state index contributed by atoms with van der Waals surface area (Å²) in [6.45, 7) is 17.6. The van der Waals surface area contributed by atoms with E-state index in [2.05, 4.69) is 59.7 Å². The van der Waals surface area contributed by atoms with Crippen LogP contribution < -0.4 is 9.16 Å². The summed E-state index contributed by atoms with van der Waals surface area (Å²) in [6.07, 6.45) is 0. The Morgan fingerprint density at radius 2 is 1.55 bits per heavy atom. The first-order valence-corrected chi connectivity index (χ1v) is 12.3. The summed E-state index contributed by atoms with van der Waals surface area (Å²) in [4.78, 5) is 11.6. The van der Waals surface area contributed by atoms with Gasteiger partial charge in [0, 0.05) is 0 Å². The van der Waals surface area contributed by atoms with E-state index in [0.29, 0.717) is 18.1 Å². The van der Waals surface area contributed by atoms with Crippen molar-refractivity contribution in [2.45, 2.75) is 72.1 Å². The summed E-state index contributed by atoms with van der Waals surface area (Å²) in [5.41, 5.74) is 3.92. The standard InChI is InChI=1S/C24H33O4Si/c1-23(2,3)19-11-9-16(13-20(19)24(4,5)6)15-27-17-10-12-21(28-29(7)8)18(14-17)22(25)26/h9-14H,15H2,1-8H3,(H,25,26). The van der Waals surface area contributed by atoms with Crippen molar-refractivity contribution >= 4 is 15.0 Å². The quantitative estimate of drug-likeness (QED) is 0.574. The number of ether oxygens (including phenoxy) is 1. The van der Waals surface area contributed by atoms with E-state index in [9.17, 15) is 9.90 Å². The predicted octanol–water partition coefficient (Wildman–Crippen LogP) is 6.19. The van der Waals surface area contributed by atoms with Gasteiger partial charge in [-0.1, -0.05) is 59.7 Å². The third-order valence-electron chi connectivity index (χ3n) is 4.60. The number of rotatable bonds is 6. The molecule has 0 spiro atoms. The lowest BCUT2D eigenvalue weighted by molar-refractivity contribution is 0.0694. The van der Waals surface area contributed by atoms with Gasteiger partial charge >= 0.3 is 5.97 Å². The number of hydrogen-bond acceptors (Lipinski definition) is 3. The Morgan fingerprint density at radius 3 is 2.07 bits per heavy atom. The molecule has 5 heteroatoms. The Balaban J connectivity index is 2.28. The number of benzene rings is 2. The van der Waals surface area contributed by atoms with E-state index in [1.807, 2.05) is 13.1 Å². The van der Waals surface area contributed by atoms with E-state index < -0.39 is 15.0 Å². The molecule has 4 nitrogen and oxygen atoms in total. The SMILES string of the molecule is C[Si](C)Oc1ccc(OCc2ccc(C(C)(C)C)c(C(C)(C)C)c2)cc1C(=O)O. The van der Waals surface area contributed by atoms with Crippen LogP contribution in [0.15, 0.2) is 36.4 Å². The van der Waals surface area contributed by atoms with Crippen LogP contribution in [-0.2, 0) is 17.4 Å². The minimum atomic E-state index is -1.05. The first kappa shape index (κ1) is 23.0. The van der Waals surface area contributed by atoms with Crippen molar-refractivity contribution in [3.63, 3.8) is 0 Å². The van der Waals surface area contributed by atoms with Crippen molar-refractivity contribution in [3.8, 4) is 11.5 Å². The van der Waals surface area contributed by atoms with Gasteiger partial charge in [-0.3, -0.25) is 0 Å². The summed E-state index contributed by atoms with van der Waals surface area (Å²) in [7, 11) is -1.05. The molecule has 0 amide bonds. The highest BCUT2D eigenvalue weighted by Gasteiger charge is 2.25. The number of carboxylic acids is 1. The molecule has 0 bridgehead atoms. The lowest BCUT2D eigenvalue weighted by atomic mass is 9.75. The van der Waals surface area contributed by atoms with E-state index in [0.717, 1.165) is 5.56 Å². The second-order valence-electron chi connectivity index (χ2n) is 9.64. The fourth-order valence-electron chi connectivity index (χ4n) is 3.20. The topological polar surface area (TPSA) is 55.8 Å². The van der Waals surface area contributed by atoms with Gasteiger partial charge in [0.25, 0.3) is 9.04 Å². The van der Waals surface area contributed by atoms with Gasteiger partial charge in [0.05, 0.1) is 0 Å². The van der Waals surface area contributed by atoms with Gasteiger partial charge in [-0.15, -0.1) is 0 Å². The number of hydrogen-bond donors (Lipinski definition) is 1. The van der Waals surface area contributed by atoms with E-state index in [1.54, 1.807) is 12.1 Å². The van der Waals surface area contributed by atoms with Crippen molar-refractivity contribution in [3.05, 3.63) is 58.7 Å². The Hall–Kier alpha value is -2.27. The number of carbonyl (C=O) groups is 1. The van der Waals surface area contributed by atoms with E-state index in [1.165, 1.54) is 17.2 Å². The molecule has 2 rings (SSSR count). The van der Waals surface area contributed by atoms with Crippen molar-refractivity contribution in [2.75, 3.05) is 0 Å². The fraction of sp³-hybridized carbons (Fsp3) is 0.458. The van der Waals surface area contributed by atoms with Crippen molar-refractivity contribution in [1.29, 1.82) is 0 Å². The second kappa shape index (κ2) is 8.62. The zero-order valence-electron chi connectivity index (χ0n) is 18.8. The van der Waals surface area contributed by atoms with Crippen LogP contribution in [0.25, 0.3) is 0 Å². The van der Waals surface area contributed by atoms with Gasteiger partial charge in [-0.05, 0) is 58.8 Å². The molecule has 0 heterocycles. The Bertz CT molecular complexity index is 873. The first-order chi connectivity index (χ1) is 13.3. The van der Waals surface area contributed by atoms with Crippen molar-refractivity contribution in [2.24, 2.45) is 0 Å². The summed E-state index contributed by atoms with van der Waals surface area (Å²) in [5, 5.41) is 9.50. The van der Waals surface area contributed by atoms with Gasteiger partial charge in [-0.2, -0.15) is 0 Å². The van der Waals surface area contributed by atoms with Gasteiger partial charge < -0.3 is 14.3 Å². The molecule has 0 atom stereocenters. The minimum absolute atomic E-state index is 0.0216. The normalized spacial score (nSPS) is 12.2. The van der Waals surface area contributed by atoms with Crippen LogP contribution in [0.3, 0.4) is 0 Å². The molecule has 0 saturated heterocycles. The highest BCUT2D eigenvalue weighted by Crippen LogP contribution is 2.35. The molecule has 0 aromatic heterocycles. The molecule has 2 aromatic rings. The molecule has 0 unspecified atom stereocenters. The fourth-order valence-corrected chi connectivity index (χ4v) is 3.82. The van der Waals surface area contributed by atoms with Gasteiger partial charge in [0.1, 0.15) is 23.7 Å². The van der Waals surface area contributed by atoms with Crippen LogP contribution in [0.1, 0.15) is 68.6 Å². The van der Waals surface area contributed by atoms with Gasteiger partial charge in [0.15, 0.2) is 0 Å². The smallest absolute Gasteiger partial charge is 0.339 e. The highest BCUT2D eigenvalue weighted by atomic mass is 28.3. The van der Waals surface area contributed by atoms with Crippen LogP contribution in [0.4, 0.5) is 0 Å². The lowest BCUT2D eigenvalue weighted by Crippen LogP contribution is -2.22. The molecular formula is C24H33O4Si. The monoisotopic (exact) mass is 413 g/mol. The zero-order chi connectivity index (χ0) is 22.0. The van der Waals surface area contributed by atoms with E-state index in [-0.39, 0.29) is 16.4 Å². The minimum Gasteiger partial charge on any atom is -0.542 e. The maximum Gasteiger partial charge on any atom is 0.339 e. The summed E-state index contributed by atoms with van der Waals surface area (Å²) in [6, 6.07) is 11.5. The van der Waals surface area contributed by atoms with Gasteiger partial charge in [-0.25, -0.2) is 4.79 Å². The summed E-state index contributed by atoms with van der Waals surface area (Å²) >= 11 is 0. The molecule has 2 aromatic carbocycles. The molecule has 0 fully saturated rings. The molecule has 0 aliphatic heterocycles. The summed E-state index contributed by atoms with van der Waals surface area (Å²) in [5.74, 6) is -0.0977. The second-order valence-corrected chi connectivity index (χ2v) is 11.7. The van der Waals surface area contributed by atoms with Gasteiger partial charge in [0.2, 0.25) is 0 Å². The summed E-state index contributed by atoms with van der Waals surface area (Å²) < 4.78 is 11.6. The molecule has 29 heavy (non-hydrogen) atoms. The van der Waals surface area contributed by atoms with Crippen LogP contribution in [0.5, 0.6) is 11.5 Å². The molecule has 0 aliphatic carbocycles. The number of carboxylic acid groups (broad SMARTS) is 1. The van der Waals surface area contributed by atoms with Crippen molar-refractivity contribution < 1.29 is 19.1 Å². The molecule has 157 valence electrons. The molecule has 0 saturated carbocycles. The lowest BCUT2D eigenvalue weighted by Gasteiger charge is -2.30.